The van der Waals surface area contributed by atoms with Gasteiger partial charge in [-0.3, -0.25) is 9.59 Å². The van der Waals surface area contributed by atoms with Crippen LogP contribution in [0.5, 0.6) is 0 Å². The van der Waals surface area contributed by atoms with Crippen LogP contribution in [-0.2, 0) is 23.8 Å². The molecule has 3 N–H and O–H groups in total. The summed E-state index contributed by atoms with van der Waals surface area (Å²) in [6.45, 7) is 6.44. The maximum Gasteiger partial charge on any atom is 0.303 e. The van der Waals surface area contributed by atoms with Gasteiger partial charge in [0.05, 0.1) is 0 Å². The van der Waals surface area contributed by atoms with Crippen molar-refractivity contribution in [2.75, 3.05) is 6.54 Å². The summed E-state index contributed by atoms with van der Waals surface area (Å²) in [5.74, 6) is -1.28. The van der Waals surface area contributed by atoms with E-state index in [1.54, 1.807) is 0 Å². The number of carbonyl (C=O) groups is 2. The third kappa shape index (κ3) is 5.24. The Bertz CT molecular complexity index is 374. The summed E-state index contributed by atoms with van der Waals surface area (Å²) < 4.78 is 15.2. The van der Waals surface area contributed by atoms with Gasteiger partial charge in [0.25, 0.3) is 0 Å². The number of esters is 2. The Morgan fingerprint density at radius 3 is 2.14 bits per heavy atom. The molecule has 8 nitrogen and oxygen atoms in total. The molecule has 122 valence electrons. The van der Waals surface area contributed by atoms with Gasteiger partial charge in [0.1, 0.15) is 12.2 Å². The fourth-order valence-corrected chi connectivity index (χ4v) is 2.08. The second kappa shape index (κ2) is 7.69. The van der Waals surface area contributed by atoms with Gasteiger partial charge in [-0.1, -0.05) is 13.8 Å². The van der Waals surface area contributed by atoms with E-state index in [1.165, 1.54) is 6.92 Å². The maximum atomic E-state index is 11.2. The fraction of sp³-hybridized carbons (Fsp3) is 0.846. The van der Waals surface area contributed by atoms with Crippen LogP contribution in [0.2, 0.25) is 0 Å². The molecule has 0 bridgehead atoms. The molecule has 5 atom stereocenters. The zero-order chi connectivity index (χ0) is 16.2. The van der Waals surface area contributed by atoms with E-state index in [2.05, 4.69) is 5.32 Å². The van der Waals surface area contributed by atoms with E-state index in [-0.39, 0.29) is 12.6 Å². The second-order valence-corrected chi connectivity index (χ2v) is 5.27. The molecule has 0 saturated carbocycles. The third-order valence-corrected chi connectivity index (χ3v) is 2.97. The first kappa shape index (κ1) is 17.8. The van der Waals surface area contributed by atoms with Crippen LogP contribution in [0.25, 0.3) is 0 Å². The van der Waals surface area contributed by atoms with Crippen LogP contribution in [0, 0.1) is 0 Å². The lowest BCUT2D eigenvalue weighted by atomic mass is 9.98. The number of carbonyl (C=O) groups excluding carboxylic acids is 2. The van der Waals surface area contributed by atoms with Crippen molar-refractivity contribution in [1.82, 2.24) is 5.32 Å². The molecular weight excluding hydrogens is 282 g/mol. The minimum Gasteiger partial charge on any atom is -0.457 e. The number of aliphatic hydroxyl groups excluding tert-OH is 2. The standard InChI is InChI=1S/C13H23NO7/c1-6(2)14-5-9-11(19-7(3)15)10(17)12(13(18)21-9)20-8(4)16/h6,9-14,17-18H,5H2,1-4H3. The number of hydrogen-bond donors (Lipinski definition) is 3. The predicted molar refractivity (Wildman–Crippen MR) is 71.1 cm³/mol. The third-order valence-electron chi connectivity index (χ3n) is 2.97. The van der Waals surface area contributed by atoms with Crippen molar-refractivity contribution in [3.63, 3.8) is 0 Å². The predicted octanol–water partition coefficient (Wildman–Crippen LogP) is -1.07. The van der Waals surface area contributed by atoms with E-state index in [9.17, 15) is 19.8 Å². The number of rotatable bonds is 5. The first-order valence-electron chi connectivity index (χ1n) is 6.81. The summed E-state index contributed by atoms with van der Waals surface area (Å²) in [5.41, 5.74) is 0. The van der Waals surface area contributed by atoms with Gasteiger partial charge >= 0.3 is 11.9 Å². The molecule has 0 radical (unpaired) electrons. The van der Waals surface area contributed by atoms with E-state index in [0.29, 0.717) is 0 Å². The summed E-state index contributed by atoms with van der Waals surface area (Å²) >= 11 is 0. The van der Waals surface area contributed by atoms with Crippen molar-refractivity contribution in [1.29, 1.82) is 0 Å². The SMILES string of the molecule is CC(=O)OC1C(O)OC(CNC(C)C)C(OC(C)=O)C1O. The van der Waals surface area contributed by atoms with Crippen molar-refractivity contribution < 1.29 is 34.0 Å². The summed E-state index contributed by atoms with van der Waals surface area (Å²) in [4.78, 5) is 22.2. The summed E-state index contributed by atoms with van der Waals surface area (Å²) in [5, 5.41) is 23.1. The Balaban J connectivity index is 2.84. The average molecular weight is 305 g/mol. The second-order valence-electron chi connectivity index (χ2n) is 5.27. The van der Waals surface area contributed by atoms with Crippen molar-refractivity contribution in [2.24, 2.45) is 0 Å². The maximum absolute atomic E-state index is 11.2. The molecule has 8 heteroatoms. The van der Waals surface area contributed by atoms with Crippen LogP contribution in [-0.4, -0.2) is 65.4 Å². The molecule has 1 aliphatic heterocycles. The molecule has 0 aromatic carbocycles. The van der Waals surface area contributed by atoms with E-state index < -0.39 is 42.6 Å². The van der Waals surface area contributed by atoms with Gasteiger partial charge in [0.15, 0.2) is 18.5 Å². The molecule has 1 aliphatic rings. The minimum absolute atomic E-state index is 0.145. The van der Waals surface area contributed by atoms with Gasteiger partial charge in [-0.05, 0) is 0 Å². The fourth-order valence-electron chi connectivity index (χ4n) is 2.08. The van der Waals surface area contributed by atoms with Crippen molar-refractivity contribution >= 4 is 11.9 Å². The highest BCUT2D eigenvalue weighted by molar-refractivity contribution is 5.67. The molecule has 0 spiro atoms. The highest BCUT2D eigenvalue weighted by atomic mass is 16.7. The molecular formula is C13H23NO7. The molecule has 21 heavy (non-hydrogen) atoms. The highest BCUT2D eigenvalue weighted by Gasteiger charge is 2.48. The van der Waals surface area contributed by atoms with Crippen LogP contribution in [0.4, 0.5) is 0 Å². The van der Waals surface area contributed by atoms with Gasteiger partial charge in [0, 0.05) is 26.4 Å². The first-order chi connectivity index (χ1) is 9.72. The zero-order valence-electron chi connectivity index (χ0n) is 12.6. The molecule has 1 heterocycles. The molecule has 0 aromatic rings. The Labute approximate surface area is 123 Å². The highest BCUT2D eigenvalue weighted by Crippen LogP contribution is 2.25. The van der Waals surface area contributed by atoms with Gasteiger partial charge in [-0.25, -0.2) is 0 Å². The van der Waals surface area contributed by atoms with Crippen LogP contribution in [0.3, 0.4) is 0 Å². The largest absolute Gasteiger partial charge is 0.457 e. The molecule has 5 unspecified atom stereocenters. The van der Waals surface area contributed by atoms with Crippen molar-refractivity contribution in [2.45, 2.75) is 64.4 Å². The van der Waals surface area contributed by atoms with Crippen molar-refractivity contribution in [3.8, 4) is 0 Å². The van der Waals surface area contributed by atoms with Gasteiger partial charge in [-0.2, -0.15) is 0 Å². The molecule has 0 amide bonds. The summed E-state index contributed by atoms with van der Waals surface area (Å²) in [6, 6.07) is 0.145. The monoisotopic (exact) mass is 305 g/mol. The van der Waals surface area contributed by atoms with Gasteiger partial charge < -0.3 is 29.7 Å². The van der Waals surface area contributed by atoms with Crippen LogP contribution < -0.4 is 5.32 Å². The lowest BCUT2D eigenvalue weighted by molar-refractivity contribution is -0.287. The van der Waals surface area contributed by atoms with E-state index in [1.807, 2.05) is 13.8 Å². The van der Waals surface area contributed by atoms with Crippen molar-refractivity contribution in [3.05, 3.63) is 0 Å². The lowest BCUT2D eigenvalue weighted by Gasteiger charge is -2.41. The molecule has 1 fully saturated rings. The Hall–Kier alpha value is -1.22. The first-order valence-corrected chi connectivity index (χ1v) is 6.81. The van der Waals surface area contributed by atoms with E-state index in [0.717, 1.165) is 6.92 Å². The molecule has 0 aromatic heterocycles. The lowest BCUT2D eigenvalue weighted by Crippen LogP contribution is -2.62. The topological polar surface area (TPSA) is 114 Å². The Morgan fingerprint density at radius 1 is 1.14 bits per heavy atom. The zero-order valence-corrected chi connectivity index (χ0v) is 12.6. The van der Waals surface area contributed by atoms with Crippen LogP contribution in [0.1, 0.15) is 27.7 Å². The normalized spacial score (nSPS) is 32.8. The molecule has 1 rings (SSSR count). The van der Waals surface area contributed by atoms with Gasteiger partial charge in [-0.15, -0.1) is 0 Å². The molecule has 0 aliphatic carbocycles. The number of nitrogens with one attached hydrogen (secondary N) is 1. The Kier molecular flexibility index (Phi) is 6.53. The Morgan fingerprint density at radius 2 is 1.67 bits per heavy atom. The smallest absolute Gasteiger partial charge is 0.303 e. The van der Waals surface area contributed by atoms with Crippen LogP contribution >= 0.6 is 0 Å². The minimum atomic E-state index is -1.49. The average Bonchev–Trinajstić information content (AvgIpc) is 2.35. The van der Waals surface area contributed by atoms with Crippen LogP contribution in [0.15, 0.2) is 0 Å². The summed E-state index contributed by atoms with van der Waals surface area (Å²) in [7, 11) is 0. The van der Waals surface area contributed by atoms with E-state index in [4.69, 9.17) is 14.2 Å². The quantitative estimate of drug-likeness (QED) is 0.550. The van der Waals surface area contributed by atoms with Gasteiger partial charge in [0.2, 0.25) is 0 Å². The molecule has 1 saturated heterocycles. The summed E-state index contributed by atoms with van der Waals surface area (Å²) in [6.07, 6.45) is -5.97. The van der Waals surface area contributed by atoms with E-state index >= 15 is 0 Å². The number of hydrogen-bond acceptors (Lipinski definition) is 8. The number of ether oxygens (including phenoxy) is 3. The number of aliphatic hydroxyl groups is 2.